The molecule has 170 valence electrons. The number of pyridine rings is 1. The van der Waals surface area contributed by atoms with Gasteiger partial charge in [0, 0.05) is 6.20 Å². The lowest BCUT2D eigenvalue weighted by atomic mass is 10.2. The number of H-pyrrole nitrogens is 1. The summed E-state index contributed by atoms with van der Waals surface area (Å²) in [7, 11) is 0. The van der Waals surface area contributed by atoms with Crippen LogP contribution in [-0.2, 0) is 6.18 Å². The number of aromatic nitrogens is 6. The molecule has 15 heteroatoms. The zero-order valence-electron chi connectivity index (χ0n) is 16.4. The van der Waals surface area contributed by atoms with Gasteiger partial charge < -0.3 is 10.6 Å². The highest BCUT2D eigenvalue weighted by Gasteiger charge is 2.34. The molecule has 1 atom stereocenters. The van der Waals surface area contributed by atoms with Crippen molar-refractivity contribution in [1.82, 2.24) is 35.5 Å². The molecule has 0 spiro atoms. The number of carbonyl (C=O) groups excluding carboxylic acids is 2. The van der Waals surface area contributed by atoms with Crippen molar-refractivity contribution >= 4 is 51.6 Å². The molecule has 33 heavy (non-hydrogen) atoms. The number of nitrogens with zero attached hydrogens (tertiary/aromatic N) is 5. The van der Waals surface area contributed by atoms with Crippen LogP contribution in [-0.4, -0.2) is 41.9 Å². The van der Waals surface area contributed by atoms with Crippen LogP contribution in [0.15, 0.2) is 31.0 Å². The molecule has 0 aliphatic heterocycles. The van der Waals surface area contributed by atoms with E-state index in [4.69, 9.17) is 11.6 Å². The molecule has 4 rings (SSSR count). The van der Waals surface area contributed by atoms with Crippen molar-refractivity contribution in [2.75, 3.05) is 5.32 Å². The molecule has 4 aromatic heterocycles. The molecule has 0 aliphatic carbocycles. The van der Waals surface area contributed by atoms with Gasteiger partial charge in [-0.1, -0.05) is 11.6 Å². The summed E-state index contributed by atoms with van der Waals surface area (Å²) in [5.74, 6) is -1.53. The predicted octanol–water partition coefficient (Wildman–Crippen LogP) is 3.62. The average molecular weight is 497 g/mol. The maximum atomic E-state index is 13.0. The molecule has 0 aliphatic rings. The Kier molecular flexibility index (Phi) is 5.95. The number of hydrogen-bond donors (Lipinski definition) is 3. The maximum Gasteiger partial charge on any atom is 0.418 e. The normalized spacial score (nSPS) is 12.5. The Hall–Kier alpha value is -3.65. The summed E-state index contributed by atoms with van der Waals surface area (Å²) in [4.78, 5) is 40.9. The van der Waals surface area contributed by atoms with E-state index in [0.29, 0.717) is 22.1 Å². The van der Waals surface area contributed by atoms with E-state index in [-0.39, 0.29) is 16.4 Å². The third-order valence-electron chi connectivity index (χ3n) is 4.33. The molecule has 0 bridgehead atoms. The van der Waals surface area contributed by atoms with Crippen molar-refractivity contribution in [3.05, 3.63) is 57.1 Å². The molecule has 0 saturated heterocycles. The third-order valence-corrected chi connectivity index (χ3v) is 5.81. The first kappa shape index (κ1) is 22.5. The molecular weight excluding hydrogens is 485 g/mol. The van der Waals surface area contributed by atoms with Gasteiger partial charge in [-0.3, -0.25) is 14.7 Å². The minimum absolute atomic E-state index is 0.107. The van der Waals surface area contributed by atoms with Crippen LogP contribution in [0.3, 0.4) is 0 Å². The second-order valence-corrected chi connectivity index (χ2v) is 8.08. The first-order chi connectivity index (χ1) is 15.6. The van der Waals surface area contributed by atoms with E-state index >= 15 is 0 Å². The Balaban J connectivity index is 1.46. The summed E-state index contributed by atoms with van der Waals surface area (Å²) >= 11 is 6.49. The summed E-state index contributed by atoms with van der Waals surface area (Å²) in [6, 6.07) is 0.0510. The van der Waals surface area contributed by atoms with Gasteiger partial charge in [-0.15, -0.1) is 11.3 Å². The van der Waals surface area contributed by atoms with Crippen LogP contribution >= 0.6 is 22.9 Å². The quantitative estimate of drug-likeness (QED) is 0.383. The Bertz CT molecular complexity index is 1360. The number of alkyl halides is 3. The molecule has 0 fully saturated rings. The first-order valence-corrected chi connectivity index (χ1v) is 10.3. The lowest BCUT2D eigenvalue weighted by Gasteiger charge is -2.11. The standard InChI is InChI=1S/C18H12ClF3N8O2S/c1-7(28-16(32)13-8-3-27-30-14(8)26-6-25-13)17-24-5-11(33-17)15(31)29-12-2-9(18(20,21)22)10(19)4-23-12/h2-7H,1H3,(H,28,32)(H,23,29,31)(H,25,26,27,30)/t7-/m1/s1. The third kappa shape index (κ3) is 4.75. The summed E-state index contributed by atoms with van der Waals surface area (Å²) < 4.78 is 39.0. The molecule has 4 aromatic rings. The van der Waals surface area contributed by atoms with Crippen molar-refractivity contribution < 1.29 is 22.8 Å². The number of rotatable bonds is 5. The summed E-state index contributed by atoms with van der Waals surface area (Å²) in [5, 5.41) is 11.7. The van der Waals surface area contributed by atoms with Gasteiger partial charge >= 0.3 is 6.18 Å². The van der Waals surface area contributed by atoms with Gasteiger partial charge in [-0.2, -0.15) is 18.3 Å². The van der Waals surface area contributed by atoms with Crippen LogP contribution in [0.25, 0.3) is 11.0 Å². The number of fused-ring (bicyclic) bond motifs is 1. The molecule has 3 N–H and O–H groups in total. The largest absolute Gasteiger partial charge is 0.418 e. The number of anilines is 1. The summed E-state index contributed by atoms with van der Waals surface area (Å²) in [6.45, 7) is 1.66. The van der Waals surface area contributed by atoms with Gasteiger partial charge in [0.2, 0.25) is 0 Å². The maximum absolute atomic E-state index is 13.0. The van der Waals surface area contributed by atoms with E-state index in [1.165, 1.54) is 18.7 Å². The lowest BCUT2D eigenvalue weighted by Crippen LogP contribution is -2.27. The lowest BCUT2D eigenvalue weighted by molar-refractivity contribution is -0.137. The van der Waals surface area contributed by atoms with E-state index < -0.39 is 34.6 Å². The molecule has 0 radical (unpaired) electrons. The number of nitrogens with one attached hydrogen (secondary N) is 3. The molecule has 0 aromatic carbocycles. The molecular formula is C18H12ClF3N8O2S. The highest BCUT2D eigenvalue weighted by Crippen LogP contribution is 2.35. The van der Waals surface area contributed by atoms with E-state index in [1.807, 2.05) is 0 Å². The van der Waals surface area contributed by atoms with Gasteiger partial charge in [0.05, 0.1) is 34.4 Å². The van der Waals surface area contributed by atoms with Crippen molar-refractivity contribution in [2.24, 2.45) is 0 Å². The monoisotopic (exact) mass is 496 g/mol. The van der Waals surface area contributed by atoms with Crippen LogP contribution in [0.5, 0.6) is 0 Å². The highest BCUT2D eigenvalue weighted by molar-refractivity contribution is 7.13. The summed E-state index contributed by atoms with van der Waals surface area (Å²) in [5.41, 5.74) is -0.600. The average Bonchev–Trinajstić information content (AvgIpc) is 3.43. The van der Waals surface area contributed by atoms with Crippen LogP contribution < -0.4 is 10.6 Å². The number of carbonyl (C=O) groups is 2. The van der Waals surface area contributed by atoms with Crippen LogP contribution in [0, 0.1) is 0 Å². The second-order valence-electron chi connectivity index (χ2n) is 6.61. The minimum atomic E-state index is -4.70. The van der Waals surface area contributed by atoms with E-state index in [1.54, 1.807) is 6.92 Å². The molecule has 10 nitrogen and oxygen atoms in total. The number of aromatic amines is 1. The zero-order valence-corrected chi connectivity index (χ0v) is 18.0. The Labute approximate surface area is 191 Å². The Morgan fingerprint density at radius 1 is 1.12 bits per heavy atom. The predicted molar refractivity (Wildman–Crippen MR) is 112 cm³/mol. The van der Waals surface area contributed by atoms with Gasteiger partial charge in [0.25, 0.3) is 11.8 Å². The number of hydrogen-bond acceptors (Lipinski definition) is 8. The second kappa shape index (κ2) is 8.71. The topological polar surface area (TPSA) is 138 Å². The van der Waals surface area contributed by atoms with Crippen LogP contribution in [0.4, 0.5) is 19.0 Å². The fourth-order valence-electron chi connectivity index (χ4n) is 2.77. The molecule has 0 saturated carbocycles. The molecule has 4 heterocycles. The first-order valence-electron chi connectivity index (χ1n) is 9.08. The smallest absolute Gasteiger partial charge is 0.342 e. The molecule has 0 unspecified atom stereocenters. The Morgan fingerprint density at radius 3 is 2.67 bits per heavy atom. The minimum Gasteiger partial charge on any atom is -0.342 e. The number of amides is 2. The van der Waals surface area contributed by atoms with Gasteiger partial charge in [0.1, 0.15) is 27.7 Å². The SMILES string of the molecule is C[C@@H](NC(=O)c1ncnc2[nH]ncc12)c1ncc(C(=O)Nc2cc(C(F)(F)F)c(Cl)cn2)s1. The van der Waals surface area contributed by atoms with E-state index in [2.05, 4.69) is 40.8 Å². The van der Waals surface area contributed by atoms with Crippen molar-refractivity contribution in [1.29, 1.82) is 0 Å². The van der Waals surface area contributed by atoms with Gasteiger partial charge in [0.15, 0.2) is 5.65 Å². The van der Waals surface area contributed by atoms with Gasteiger partial charge in [-0.05, 0) is 13.0 Å². The van der Waals surface area contributed by atoms with E-state index in [0.717, 1.165) is 17.5 Å². The van der Waals surface area contributed by atoms with Crippen molar-refractivity contribution in [3.8, 4) is 0 Å². The fourth-order valence-corrected chi connectivity index (χ4v) is 3.79. The number of halogens is 4. The zero-order chi connectivity index (χ0) is 23.8. The van der Waals surface area contributed by atoms with E-state index in [9.17, 15) is 22.8 Å². The molecule has 2 amide bonds. The van der Waals surface area contributed by atoms with Gasteiger partial charge in [-0.25, -0.2) is 19.9 Å². The van der Waals surface area contributed by atoms with Crippen LogP contribution in [0.1, 0.15) is 43.7 Å². The Morgan fingerprint density at radius 2 is 1.91 bits per heavy atom. The van der Waals surface area contributed by atoms with Crippen LogP contribution in [0.2, 0.25) is 5.02 Å². The fraction of sp³-hybridized carbons (Fsp3) is 0.167. The summed E-state index contributed by atoms with van der Waals surface area (Å²) in [6.07, 6.45) is 0.00450. The van der Waals surface area contributed by atoms with Crippen molar-refractivity contribution in [3.63, 3.8) is 0 Å². The number of thiazole rings is 1. The van der Waals surface area contributed by atoms with Crippen molar-refractivity contribution in [2.45, 2.75) is 19.1 Å². The highest BCUT2D eigenvalue weighted by atomic mass is 35.5.